The van der Waals surface area contributed by atoms with Crippen molar-refractivity contribution in [3.8, 4) is 0 Å². The minimum Gasteiger partial charge on any atom is -0.462 e. The van der Waals surface area contributed by atoms with Crippen molar-refractivity contribution in [2.45, 2.75) is 195 Å². The Balaban J connectivity index is 3.25. The molecule has 0 saturated carbocycles. The highest BCUT2D eigenvalue weighted by Gasteiger charge is 2.26. The van der Waals surface area contributed by atoms with E-state index in [0.717, 1.165) is 78.0 Å². The predicted octanol–water partition coefficient (Wildman–Crippen LogP) is 8.34. The van der Waals surface area contributed by atoms with Gasteiger partial charge in [-0.25, -0.2) is 0 Å². The topological polar surface area (TPSA) is 112 Å². The monoisotopic (exact) mass is 852 g/mol. The predicted molar refractivity (Wildman–Crippen MR) is 245 cm³/mol. The fourth-order valence-electron chi connectivity index (χ4n) is 7.66. The molecular formula is C48H93N5O7. The maximum atomic E-state index is 14.3. The number of hydrogen-bond acceptors (Lipinski definition) is 11. The molecule has 0 spiro atoms. The zero-order chi connectivity index (χ0) is 44.7. The quantitative estimate of drug-likeness (QED) is 0.0282. The summed E-state index contributed by atoms with van der Waals surface area (Å²) in [6, 6.07) is 0. The first kappa shape index (κ1) is 55.7. The number of ether oxygens (including phenoxy) is 3. The summed E-state index contributed by atoms with van der Waals surface area (Å²) in [6.07, 6.45) is 21.2. The SMILES string of the molecule is CCCCCCCCCCN(CCCCCCCCCC)C(=O)CN1CCN(CCC(C)(C)OC=O)CCN(CCC(C)(C)OC=O)CCN(CC(=O)OC(C)(C)C)CC1. The zero-order valence-corrected chi connectivity index (χ0v) is 40.4. The van der Waals surface area contributed by atoms with Gasteiger partial charge in [-0.15, -0.1) is 0 Å². The van der Waals surface area contributed by atoms with E-state index in [2.05, 4.69) is 38.3 Å². The molecule has 1 rings (SSSR count). The Bertz CT molecular complexity index is 1110. The van der Waals surface area contributed by atoms with E-state index in [1.54, 1.807) is 0 Å². The highest BCUT2D eigenvalue weighted by Crippen LogP contribution is 2.17. The molecule has 0 unspecified atom stereocenters. The van der Waals surface area contributed by atoms with E-state index in [0.29, 0.717) is 58.5 Å². The van der Waals surface area contributed by atoms with Gasteiger partial charge in [0.2, 0.25) is 5.91 Å². The van der Waals surface area contributed by atoms with Crippen molar-refractivity contribution in [1.82, 2.24) is 24.5 Å². The lowest BCUT2D eigenvalue weighted by molar-refractivity contribution is -0.156. The number of unbranched alkanes of at least 4 members (excludes halogenated alkanes) is 14. The van der Waals surface area contributed by atoms with Crippen LogP contribution in [-0.2, 0) is 33.4 Å². The number of carbonyl (C=O) groups is 4. The number of amides is 1. The molecule has 60 heavy (non-hydrogen) atoms. The summed E-state index contributed by atoms with van der Waals surface area (Å²) in [5.41, 5.74) is -1.77. The molecule has 1 heterocycles. The van der Waals surface area contributed by atoms with Gasteiger partial charge < -0.3 is 28.9 Å². The van der Waals surface area contributed by atoms with E-state index in [-0.39, 0.29) is 18.4 Å². The number of carbonyl (C=O) groups excluding carboxylic acids is 4. The molecule has 0 aromatic rings. The van der Waals surface area contributed by atoms with Crippen LogP contribution < -0.4 is 0 Å². The minimum absolute atomic E-state index is 0.174. The maximum absolute atomic E-state index is 14.3. The van der Waals surface area contributed by atoms with E-state index >= 15 is 0 Å². The van der Waals surface area contributed by atoms with Crippen LogP contribution in [0.15, 0.2) is 0 Å². The molecule has 1 aliphatic rings. The summed E-state index contributed by atoms with van der Waals surface area (Å²) >= 11 is 0. The largest absolute Gasteiger partial charge is 0.462 e. The molecule has 0 bridgehead atoms. The minimum atomic E-state index is -0.596. The Morgan fingerprint density at radius 2 is 0.833 bits per heavy atom. The van der Waals surface area contributed by atoms with E-state index in [4.69, 9.17) is 14.2 Å². The Kier molecular flexibility index (Phi) is 30.1. The third-order valence-corrected chi connectivity index (χ3v) is 11.8. The van der Waals surface area contributed by atoms with Gasteiger partial charge in [-0.1, -0.05) is 104 Å². The van der Waals surface area contributed by atoms with Gasteiger partial charge in [0.05, 0.1) is 13.1 Å². The number of nitrogens with zero attached hydrogens (tertiary/aromatic N) is 5. The fraction of sp³-hybridized carbons (Fsp3) is 0.917. The molecule has 0 aromatic heterocycles. The van der Waals surface area contributed by atoms with Crippen LogP contribution in [0.25, 0.3) is 0 Å². The third kappa shape index (κ3) is 29.9. The van der Waals surface area contributed by atoms with Crippen LogP contribution in [0.5, 0.6) is 0 Å². The first-order valence-corrected chi connectivity index (χ1v) is 24.1. The lowest BCUT2D eigenvalue weighted by atomic mass is 10.0. The van der Waals surface area contributed by atoms with Gasteiger partial charge in [-0.3, -0.25) is 29.0 Å². The first-order chi connectivity index (χ1) is 28.5. The molecule has 1 aliphatic heterocycles. The summed E-state index contributed by atoms with van der Waals surface area (Å²) in [4.78, 5) is 61.4. The number of hydrogen-bond donors (Lipinski definition) is 0. The van der Waals surface area contributed by atoms with Gasteiger partial charge in [0, 0.05) is 78.5 Å². The van der Waals surface area contributed by atoms with Crippen LogP contribution in [0.2, 0.25) is 0 Å². The van der Waals surface area contributed by atoms with E-state index in [1.165, 1.54) is 77.0 Å². The second kappa shape index (κ2) is 32.4. The molecule has 12 nitrogen and oxygen atoms in total. The van der Waals surface area contributed by atoms with Gasteiger partial charge >= 0.3 is 5.97 Å². The molecule has 0 atom stereocenters. The number of rotatable bonds is 32. The first-order valence-electron chi connectivity index (χ1n) is 24.1. The lowest BCUT2D eigenvalue weighted by Crippen LogP contribution is -2.50. The lowest BCUT2D eigenvalue weighted by Gasteiger charge is -2.36. The summed E-state index contributed by atoms with van der Waals surface area (Å²) < 4.78 is 16.6. The Labute approximate surface area is 368 Å². The van der Waals surface area contributed by atoms with Crippen molar-refractivity contribution in [3.05, 3.63) is 0 Å². The highest BCUT2D eigenvalue weighted by molar-refractivity contribution is 5.78. The van der Waals surface area contributed by atoms with Crippen molar-refractivity contribution in [2.75, 3.05) is 91.6 Å². The van der Waals surface area contributed by atoms with Gasteiger partial charge in [0.15, 0.2) is 0 Å². The molecule has 0 N–H and O–H groups in total. The molecule has 1 amide bonds. The summed E-state index contributed by atoms with van der Waals surface area (Å²) in [6.45, 7) is 28.2. The zero-order valence-electron chi connectivity index (χ0n) is 40.4. The van der Waals surface area contributed by atoms with Gasteiger partial charge in [0.25, 0.3) is 12.9 Å². The molecule has 0 radical (unpaired) electrons. The van der Waals surface area contributed by atoms with Crippen molar-refractivity contribution in [3.63, 3.8) is 0 Å². The van der Waals surface area contributed by atoms with E-state index in [1.807, 2.05) is 48.5 Å². The van der Waals surface area contributed by atoms with Gasteiger partial charge in [-0.2, -0.15) is 0 Å². The molecule has 0 aliphatic carbocycles. The van der Waals surface area contributed by atoms with Crippen molar-refractivity contribution < 1.29 is 33.4 Å². The average Bonchev–Trinajstić information content (AvgIpc) is 3.16. The van der Waals surface area contributed by atoms with Gasteiger partial charge in [0.1, 0.15) is 16.8 Å². The summed E-state index contributed by atoms with van der Waals surface area (Å²) in [5.74, 6) is -0.0531. The molecular weight excluding hydrogens is 759 g/mol. The van der Waals surface area contributed by atoms with Crippen LogP contribution in [0.4, 0.5) is 0 Å². The highest BCUT2D eigenvalue weighted by atomic mass is 16.6. The molecule has 352 valence electrons. The summed E-state index contributed by atoms with van der Waals surface area (Å²) in [7, 11) is 0. The van der Waals surface area contributed by atoms with Crippen LogP contribution in [0, 0.1) is 0 Å². The summed E-state index contributed by atoms with van der Waals surface area (Å²) in [5, 5.41) is 0. The van der Waals surface area contributed by atoms with Crippen molar-refractivity contribution in [1.29, 1.82) is 0 Å². The maximum Gasteiger partial charge on any atom is 0.320 e. The molecule has 12 heteroatoms. The van der Waals surface area contributed by atoms with Gasteiger partial charge in [-0.05, 0) is 74.1 Å². The second-order valence-corrected chi connectivity index (χ2v) is 19.6. The van der Waals surface area contributed by atoms with E-state index < -0.39 is 16.8 Å². The van der Waals surface area contributed by atoms with Crippen LogP contribution in [0.1, 0.15) is 178 Å². The molecule has 1 fully saturated rings. The number of esters is 1. The molecule has 0 aromatic carbocycles. The van der Waals surface area contributed by atoms with Crippen LogP contribution in [-0.4, -0.2) is 158 Å². The van der Waals surface area contributed by atoms with Crippen LogP contribution in [0.3, 0.4) is 0 Å². The standard InChI is InChI=1S/C48H93N5O7/c1-10-12-14-16-18-20-22-24-28-53(29-25-23-21-19-17-15-13-11-2)44(56)40-51-36-34-49(30-26-47(6,7)58-42-54)32-33-50(31-27-48(8,9)59-43-55)35-37-52(39-38-51)41-45(57)60-46(3,4)5/h42-43H,10-41H2,1-9H3. The average molecular weight is 852 g/mol. The Hall–Kier alpha value is -2.28. The Morgan fingerprint density at radius 3 is 1.18 bits per heavy atom. The van der Waals surface area contributed by atoms with Crippen molar-refractivity contribution in [2.24, 2.45) is 0 Å². The van der Waals surface area contributed by atoms with Crippen molar-refractivity contribution >= 4 is 24.8 Å². The Morgan fingerprint density at radius 1 is 0.500 bits per heavy atom. The molecule has 1 saturated heterocycles. The second-order valence-electron chi connectivity index (χ2n) is 19.6. The normalized spacial score (nSPS) is 16.1. The third-order valence-electron chi connectivity index (χ3n) is 11.8. The van der Waals surface area contributed by atoms with E-state index in [9.17, 15) is 19.2 Å². The fourth-order valence-corrected chi connectivity index (χ4v) is 7.66. The smallest absolute Gasteiger partial charge is 0.320 e. The van der Waals surface area contributed by atoms with Crippen LogP contribution >= 0.6 is 0 Å².